The number of nitrogens with one attached hydrogen (secondary N) is 1. The van der Waals surface area contributed by atoms with Gasteiger partial charge in [0.2, 0.25) is 0 Å². The summed E-state index contributed by atoms with van der Waals surface area (Å²) in [6.07, 6.45) is 1.92. The molecule has 0 unspecified atom stereocenters. The molecule has 1 aromatic carbocycles. The molecule has 5 nitrogen and oxygen atoms in total. The second-order valence-electron chi connectivity index (χ2n) is 5.80. The fraction of sp³-hybridized carbons (Fsp3) is 0.235. The number of anilines is 1. The Morgan fingerprint density at radius 3 is 2.23 bits per heavy atom. The molecular formula is C17H18N2O3. The number of carbonyl (C=O) groups excluding carboxylic acids is 2. The summed E-state index contributed by atoms with van der Waals surface area (Å²) in [5.74, 6) is 0.419. The molecule has 0 atom stereocenters. The number of aromatic nitrogens is 1. The first-order valence-corrected chi connectivity index (χ1v) is 6.89. The van der Waals surface area contributed by atoms with Gasteiger partial charge < -0.3 is 4.74 Å². The molecule has 114 valence electrons. The summed E-state index contributed by atoms with van der Waals surface area (Å²) in [5.41, 5.74) is 1.92. The number of carbonyl (C=O) groups is 2. The van der Waals surface area contributed by atoms with Crippen LogP contribution in [0.5, 0.6) is 0 Å². The highest BCUT2D eigenvalue weighted by molar-refractivity contribution is 5.84. The number of pyridine rings is 1. The molecule has 0 bridgehead atoms. The minimum absolute atomic E-state index is 0.419. The Hall–Kier alpha value is -2.69. The average molecular weight is 298 g/mol. The van der Waals surface area contributed by atoms with Crippen LogP contribution >= 0.6 is 0 Å². The van der Waals surface area contributed by atoms with Gasteiger partial charge in [0, 0.05) is 17.3 Å². The Kier molecular flexibility index (Phi) is 4.56. The molecule has 0 fully saturated rings. The monoisotopic (exact) mass is 298 g/mol. The second kappa shape index (κ2) is 6.39. The van der Waals surface area contributed by atoms with E-state index in [0.29, 0.717) is 11.4 Å². The molecule has 0 saturated heterocycles. The smallest absolute Gasteiger partial charge is 0.413 e. The SMILES string of the molecule is CC(C)(C)OC(=O)Nc1ccc(-c2ccc(C=O)cc2)cn1. The van der Waals surface area contributed by atoms with Crippen molar-refractivity contribution in [1.82, 2.24) is 4.98 Å². The highest BCUT2D eigenvalue weighted by Gasteiger charge is 2.16. The lowest BCUT2D eigenvalue weighted by Crippen LogP contribution is -2.27. The molecule has 0 aliphatic carbocycles. The number of hydrogen-bond acceptors (Lipinski definition) is 4. The van der Waals surface area contributed by atoms with Gasteiger partial charge in [-0.25, -0.2) is 9.78 Å². The fourth-order valence-electron chi connectivity index (χ4n) is 1.80. The van der Waals surface area contributed by atoms with E-state index in [1.54, 1.807) is 45.2 Å². The van der Waals surface area contributed by atoms with E-state index in [4.69, 9.17) is 4.74 Å². The van der Waals surface area contributed by atoms with Crippen molar-refractivity contribution < 1.29 is 14.3 Å². The first kappa shape index (κ1) is 15.7. The number of rotatable bonds is 3. The highest BCUT2D eigenvalue weighted by Crippen LogP contribution is 2.20. The average Bonchev–Trinajstić information content (AvgIpc) is 2.46. The lowest BCUT2D eigenvalue weighted by atomic mass is 10.1. The number of benzene rings is 1. The maximum absolute atomic E-state index is 11.6. The lowest BCUT2D eigenvalue weighted by Gasteiger charge is -2.19. The Bertz CT molecular complexity index is 656. The first-order chi connectivity index (χ1) is 10.4. The van der Waals surface area contributed by atoms with Gasteiger partial charge in [0.05, 0.1) is 0 Å². The van der Waals surface area contributed by atoms with E-state index < -0.39 is 11.7 Å². The van der Waals surface area contributed by atoms with Crippen LogP contribution in [0, 0.1) is 0 Å². The Labute approximate surface area is 129 Å². The molecule has 0 spiro atoms. The normalized spacial score (nSPS) is 10.9. The summed E-state index contributed by atoms with van der Waals surface area (Å²) in [6, 6.07) is 10.7. The third kappa shape index (κ3) is 4.41. The van der Waals surface area contributed by atoms with Crippen LogP contribution < -0.4 is 5.32 Å². The first-order valence-electron chi connectivity index (χ1n) is 6.89. The van der Waals surface area contributed by atoms with E-state index in [1.807, 2.05) is 18.2 Å². The molecule has 1 N–H and O–H groups in total. The fourth-order valence-corrected chi connectivity index (χ4v) is 1.80. The topological polar surface area (TPSA) is 68.3 Å². The van der Waals surface area contributed by atoms with Crippen LogP contribution in [0.3, 0.4) is 0 Å². The lowest BCUT2D eigenvalue weighted by molar-refractivity contribution is 0.0635. The summed E-state index contributed by atoms with van der Waals surface area (Å²) >= 11 is 0. The van der Waals surface area contributed by atoms with Gasteiger partial charge >= 0.3 is 6.09 Å². The Morgan fingerprint density at radius 2 is 1.73 bits per heavy atom. The van der Waals surface area contributed by atoms with Crippen LogP contribution in [-0.2, 0) is 4.74 Å². The van der Waals surface area contributed by atoms with Crippen molar-refractivity contribution >= 4 is 18.2 Å². The Balaban J connectivity index is 2.06. The third-order valence-electron chi connectivity index (χ3n) is 2.77. The zero-order chi connectivity index (χ0) is 16.2. The van der Waals surface area contributed by atoms with E-state index in [1.165, 1.54) is 0 Å². The number of ether oxygens (including phenoxy) is 1. The quantitative estimate of drug-likeness (QED) is 0.872. The van der Waals surface area contributed by atoms with Gasteiger partial charge in [-0.15, -0.1) is 0 Å². The van der Waals surface area contributed by atoms with Crippen LogP contribution in [-0.4, -0.2) is 23.0 Å². The van der Waals surface area contributed by atoms with Crippen molar-refractivity contribution in [2.75, 3.05) is 5.32 Å². The van der Waals surface area contributed by atoms with Crippen molar-refractivity contribution in [2.24, 2.45) is 0 Å². The van der Waals surface area contributed by atoms with Crippen molar-refractivity contribution in [3.63, 3.8) is 0 Å². The van der Waals surface area contributed by atoms with E-state index in [0.717, 1.165) is 17.4 Å². The van der Waals surface area contributed by atoms with Crippen molar-refractivity contribution in [1.29, 1.82) is 0 Å². The maximum Gasteiger partial charge on any atom is 0.413 e. The van der Waals surface area contributed by atoms with E-state index >= 15 is 0 Å². The molecule has 22 heavy (non-hydrogen) atoms. The summed E-state index contributed by atoms with van der Waals surface area (Å²) in [6.45, 7) is 5.39. The Morgan fingerprint density at radius 1 is 1.09 bits per heavy atom. The molecule has 5 heteroatoms. The van der Waals surface area contributed by atoms with Crippen molar-refractivity contribution in [3.05, 3.63) is 48.2 Å². The van der Waals surface area contributed by atoms with Gasteiger partial charge in [-0.1, -0.05) is 24.3 Å². The maximum atomic E-state index is 11.6. The third-order valence-corrected chi connectivity index (χ3v) is 2.77. The van der Waals surface area contributed by atoms with E-state index in [2.05, 4.69) is 10.3 Å². The van der Waals surface area contributed by atoms with Gasteiger partial charge in [0.1, 0.15) is 17.7 Å². The molecule has 0 saturated carbocycles. The van der Waals surface area contributed by atoms with E-state index in [9.17, 15) is 9.59 Å². The van der Waals surface area contributed by atoms with Crippen LogP contribution in [0.4, 0.5) is 10.6 Å². The number of nitrogens with zero attached hydrogens (tertiary/aromatic N) is 1. The minimum atomic E-state index is -0.551. The summed E-state index contributed by atoms with van der Waals surface area (Å²) in [5, 5.41) is 2.58. The van der Waals surface area contributed by atoms with Crippen LogP contribution in [0.1, 0.15) is 31.1 Å². The standard InChI is InChI=1S/C17H18N2O3/c1-17(2,3)22-16(21)19-15-9-8-14(10-18-15)13-6-4-12(11-20)5-7-13/h4-11H,1-3H3,(H,18,19,21). The molecule has 1 amide bonds. The van der Waals surface area contributed by atoms with Gasteiger partial charge in [-0.2, -0.15) is 0 Å². The molecule has 2 aromatic rings. The van der Waals surface area contributed by atoms with Crippen molar-refractivity contribution in [3.8, 4) is 11.1 Å². The molecule has 0 aliphatic rings. The highest BCUT2D eigenvalue weighted by atomic mass is 16.6. The summed E-state index contributed by atoms with van der Waals surface area (Å²) < 4.78 is 5.16. The van der Waals surface area contributed by atoms with Gasteiger partial charge in [-0.05, 0) is 38.5 Å². The van der Waals surface area contributed by atoms with Crippen LogP contribution in [0.15, 0.2) is 42.6 Å². The molecular weight excluding hydrogens is 280 g/mol. The molecule has 0 aliphatic heterocycles. The number of aldehydes is 1. The zero-order valence-corrected chi connectivity index (χ0v) is 12.8. The molecule has 2 rings (SSSR count). The van der Waals surface area contributed by atoms with Crippen molar-refractivity contribution in [2.45, 2.75) is 26.4 Å². The second-order valence-corrected chi connectivity index (χ2v) is 5.80. The minimum Gasteiger partial charge on any atom is -0.444 e. The van der Waals surface area contributed by atoms with Gasteiger partial charge in [0.25, 0.3) is 0 Å². The zero-order valence-electron chi connectivity index (χ0n) is 12.8. The van der Waals surface area contributed by atoms with Crippen LogP contribution in [0.2, 0.25) is 0 Å². The predicted molar refractivity (Wildman–Crippen MR) is 84.9 cm³/mol. The number of hydrogen-bond donors (Lipinski definition) is 1. The molecule has 1 heterocycles. The summed E-state index contributed by atoms with van der Waals surface area (Å²) in [4.78, 5) is 26.5. The predicted octanol–water partition coefficient (Wildman–Crippen LogP) is 3.91. The largest absolute Gasteiger partial charge is 0.444 e. The van der Waals surface area contributed by atoms with E-state index in [-0.39, 0.29) is 0 Å². The molecule has 1 aromatic heterocycles. The molecule has 0 radical (unpaired) electrons. The summed E-state index contributed by atoms with van der Waals surface area (Å²) in [7, 11) is 0. The van der Waals surface area contributed by atoms with Crippen LogP contribution in [0.25, 0.3) is 11.1 Å². The van der Waals surface area contributed by atoms with Gasteiger partial charge in [0.15, 0.2) is 0 Å². The van der Waals surface area contributed by atoms with Gasteiger partial charge in [-0.3, -0.25) is 10.1 Å². The number of amides is 1.